The van der Waals surface area contributed by atoms with E-state index in [4.69, 9.17) is 18.9 Å². The Labute approximate surface area is 230 Å². The first-order valence-electron chi connectivity index (χ1n) is 13.9. The van der Waals surface area contributed by atoms with Gasteiger partial charge in [0.25, 0.3) is 0 Å². The molecule has 0 spiro atoms. The summed E-state index contributed by atoms with van der Waals surface area (Å²) in [6.45, 7) is 2.85. The van der Waals surface area contributed by atoms with Crippen LogP contribution in [-0.2, 0) is 25.5 Å². The number of aliphatic hydroxyl groups is 1. The first kappa shape index (κ1) is 27.5. The molecule has 3 heterocycles. The summed E-state index contributed by atoms with van der Waals surface area (Å²) < 4.78 is 23.1. The quantitative estimate of drug-likeness (QED) is 0.566. The number of hydrogen-bond acceptors (Lipinski definition) is 8. The molecule has 8 nitrogen and oxygen atoms in total. The van der Waals surface area contributed by atoms with Gasteiger partial charge in [0.1, 0.15) is 29.8 Å². The first-order chi connectivity index (χ1) is 18.8. The van der Waals surface area contributed by atoms with Crippen LogP contribution in [0.25, 0.3) is 11.1 Å². The summed E-state index contributed by atoms with van der Waals surface area (Å²) in [5, 5.41) is 11.4. The molecule has 8 heteroatoms. The Balaban J connectivity index is 1.68. The second-order valence-corrected chi connectivity index (χ2v) is 11.0. The number of esters is 2. The number of ether oxygens (including phenoxy) is 4. The Morgan fingerprint density at radius 2 is 1.56 bits per heavy atom. The zero-order valence-corrected chi connectivity index (χ0v) is 23.2. The standard InChI is InChI=1S/C31H39NO7/c1-18(33)38-23-11-8-20-9-12-28(36-3)24(14-20)25-15-21(10-13-29(25)37-4)27-17-30(39-19(2)34)31(35)26-7-5-6-22(16-23)32(26)27/h9-10,12-15,22-23,26-27,30-31,35H,5-8,11,16-17H2,1-4H3. The van der Waals surface area contributed by atoms with Crippen LogP contribution in [0.15, 0.2) is 36.4 Å². The van der Waals surface area contributed by atoms with E-state index in [0.717, 1.165) is 59.4 Å². The van der Waals surface area contributed by atoms with Crippen molar-refractivity contribution in [3.05, 3.63) is 47.5 Å². The van der Waals surface area contributed by atoms with E-state index in [1.54, 1.807) is 14.2 Å². The summed E-state index contributed by atoms with van der Waals surface area (Å²) in [5.74, 6) is 0.803. The average Bonchev–Trinajstić information content (AvgIpc) is 2.92. The van der Waals surface area contributed by atoms with Crippen LogP contribution < -0.4 is 9.47 Å². The molecule has 0 aromatic heterocycles. The number of aryl methyl sites for hydroxylation is 1. The maximum absolute atomic E-state index is 12.1. The number of carbonyl (C=O) groups is 2. The fraction of sp³-hybridized carbons (Fsp3) is 0.548. The molecule has 2 aromatic carbocycles. The van der Waals surface area contributed by atoms with Gasteiger partial charge in [0, 0.05) is 49.5 Å². The van der Waals surface area contributed by atoms with Gasteiger partial charge in [0.05, 0.1) is 14.2 Å². The van der Waals surface area contributed by atoms with Crippen molar-refractivity contribution in [2.45, 2.75) is 95.2 Å². The van der Waals surface area contributed by atoms with Crippen molar-refractivity contribution in [2.24, 2.45) is 0 Å². The van der Waals surface area contributed by atoms with E-state index < -0.39 is 18.2 Å². The summed E-state index contributed by atoms with van der Waals surface area (Å²) in [6, 6.07) is 12.2. The number of fused-ring (bicyclic) bond motifs is 6. The van der Waals surface area contributed by atoms with Gasteiger partial charge in [-0.25, -0.2) is 0 Å². The molecular weight excluding hydrogens is 498 g/mol. The van der Waals surface area contributed by atoms with E-state index in [0.29, 0.717) is 19.3 Å². The van der Waals surface area contributed by atoms with Crippen LogP contribution in [0.4, 0.5) is 0 Å². The number of aliphatic hydroxyl groups excluding tert-OH is 1. The lowest BCUT2D eigenvalue weighted by molar-refractivity contribution is -0.175. The van der Waals surface area contributed by atoms with E-state index in [-0.39, 0.29) is 30.2 Å². The van der Waals surface area contributed by atoms with Crippen molar-refractivity contribution in [2.75, 3.05) is 14.2 Å². The van der Waals surface area contributed by atoms with Gasteiger partial charge in [0.2, 0.25) is 0 Å². The number of piperidine rings is 2. The zero-order chi connectivity index (χ0) is 27.7. The molecule has 6 atom stereocenters. The Morgan fingerprint density at radius 1 is 0.872 bits per heavy atom. The minimum atomic E-state index is -0.788. The Bertz CT molecular complexity index is 1210. The highest BCUT2D eigenvalue weighted by Gasteiger charge is 2.49. The normalized spacial score (nSPS) is 28.5. The van der Waals surface area contributed by atoms with Crippen molar-refractivity contribution in [3.63, 3.8) is 0 Å². The molecule has 2 fully saturated rings. The second kappa shape index (κ2) is 11.6. The lowest BCUT2D eigenvalue weighted by atomic mass is 9.78. The Kier molecular flexibility index (Phi) is 8.14. The summed E-state index contributed by atoms with van der Waals surface area (Å²) in [6.07, 6.45) is 3.65. The van der Waals surface area contributed by atoms with Gasteiger partial charge in [-0.15, -0.1) is 0 Å². The second-order valence-electron chi connectivity index (χ2n) is 11.0. The van der Waals surface area contributed by atoms with Gasteiger partial charge < -0.3 is 24.1 Å². The third-order valence-electron chi connectivity index (χ3n) is 8.53. The van der Waals surface area contributed by atoms with Gasteiger partial charge in [-0.05, 0) is 67.5 Å². The van der Waals surface area contributed by atoms with E-state index >= 15 is 0 Å². The molecule has 210 valence electrons. The average molecular weight is 538 g/mol. The maximum atomic E-state index is 12.1. The van der Waals surface area contributed by atoms with Crippen molar-refractivity contribution < 1.29 is 33.6 Å². The predicted molar refractivity (Wildman–Crippen MR) is 146 cm³/mol. The molecule has 5 rings (SSSR count). The van der Waals surface area contributed by atoms with E-state index in [2.05, 4.69) is 29.2 Å². The minimum Gasteiger partial charge on any atom is -0.496 e. The first-order valence-corrected chi connectivity index (χ1v) is 13.9. The van der Waals surface area contributed by atoms with Crippen LogP contribution in [0.3, 0.4) is 0 Å². The predicted octanol–water partition coefficient (Wildman–Crippen LogP) is 4.60. The van der Waals surface area contributed by atoms with Crippen LogP contribution >= 0.6 is 0 Å². The van der Waals surface area contributed by atoms with Crippen LogP contribution in [0.5, 0.6) is 11.5 Å². The van der Waals surface area contributed by atoms with Crippen LogP contribution in [0.2, 0.25) is 0 Å². The highest BCUT2D eigenvalue weighted by atomic mass is 16.6. The van der Waals surface area contributed by atoms with Crippen LogP contribution in [0, 0.1) is 0 Å². The molecule has 6 unspecified atom stereocenters. The van der Waals surface area contributed by atoms with Crippen LogP contribution in [-0.4, -0.2) is 66.6 Å². The fourth-order valence-corrected chi connectivity index (χ4v) is 6.93. The van der Waals surface area contributed by atoms with Crippen molar-refractivity contribution >= 4 is 11.9 Å². The van der Waals surface area contributed by atoms with Crippen LogP contribution in [0.1, 0.15) is 69.5 Å². The van der Waals surface area contributed by atoms with Crippen molar-refractivity contribution in [1.82, 2.24) is 4.90 Å². The molecule has 0 radical (unpaired) electrons. The van der Waals surface area contributed by atoms with Gasteiger partial charge in [0.15, 0.2) is 0 Å². The summed E-state index contributed by atoms with van der Waals surface area (Å²) in [7, 11) is 3.33. The van der Waals surface area contributed by atoms with E-state index in [9.17, 15) is 14.7 Å². The smallest absolute Gasteiger partial charge is 0.302 e. The van der Waals surface area contributed by atoms with Crippen molar-refractivity contribution in [1.29, 1.82) is 0 Å². The minimum absolute atomic E-state index is 0.106. The molecular formula is C31H39NO7. The number of benzene rings is 2. The lowest BCUT2D eigenvalue weighted by Gasteiger charge is -2.54. The molecule has 3 aliphatic rings. The largest absolute Gasteiger partial charge is 0.496 e. The van der Waals surface area contributed by atoms with E-state index in [1.807, 2.05) is 12.1 Å². The van der Waals surface area contributed by atoms with Gasteiger partial charge in [-0.2, -0.15) is 0 Å². The topological polar surface area (TPSA) is 94.5 Å². The Morgan fingerprint density at radius 3 is 2.26 bits per heavy atom. The fourth-order valence-electron chi connectivity index (χ4n) is 6.93. The summed E-state index contributed by atoms with van der Waals surface area (Å²) in [4.78, 5) is 26.5. The van der Waals surface area contributed by atoms with Crippen molar-refractivity contribution in [3.8, 4) is 22.6 Å². The number of nitrogens with zero attached hydrogens (tertiary/aromatic N) is 1. The van der Waals surface area contributed by atoms with Gasteiger partial charge in [-0.1, -0.05) is 18.6 Å². The molecule has 0 aliphatic carbocycles. The molecule has 0 amide bonds. The SMILES string of the molecule is COc1ccc2cc1-c1cc(ccc1OC)C1CC(OC(C)=O)C(O)C3CCCC(CC(OC(C)=O)CC2)N13. The molecule has 2 saturated heterocycles. The summed E-state index contributed by atoms with van der Waals surface area (Å²) in [5.41, 5.74) is 4.03. The van der Waals surface area contributed by atoms with E-state index in [1.165, 1.54) is 13.8 Å². The number of rotatable bonds is 4. The summed E-state index contributed by atoms with van der Waals surface area (Å²) >= 11 is 0. The molecule has 2 aromatic rings. The molecule has 4 bridgehead atoms. The monoisotopic (exact) mass is 537 g/mol. The maximum Gasteiger partial charge on any atom is 0.302 e. The number of hydrogen-bond donors (Lipinski definition) is 1. The molecule has 3 aliphatic heterocycles. The van der Waals surface area contributed by atoms with Gasteiger partial charge in [-0.3, -0.25) is 14.5 Å². The van der Waals surface area contributed by atoms with Gasteiger partial charge >= 0.3 is 11.9 Å². The lowest BCUT2D eigenvalue weighted by Crippen LogP contribution is -2.61. The molecule has 39 heavy (non-hydrogen) atoms. The molecule has 0 saturated carbocycles. The number of carbonyl (C=O) groups excluding carboxylic acids is 2. The molecule has 1 N–H and O–H groups in total. The number of methoxy groups -OCH3 is 2. The third kappa shape index (κ3) is 5.63. The Hall–Kier alpha value is -3.10. The third-order valence-corrected chi connectivity index (χ3v) is 8.53. The highest BCUT2D eigenvalue weighted by Crippen LogP contribution is 2.46. The highest BCUT2D eigenvalue weighted by molar-refractivity contribution is 5.77. The zero-order valence-electron chi connectivity index (χ0n) is 23.2.